The second-order valence-electron chi connectivity index (χ2n) is 8.49. The first kappa shape index (κ1) is 23.5. The predicted octanol–water partition coefficient (Wildman–Crippen LogP) is 6.09. The van der Waals surface area contributed by atoms with Crippen LogP contribution in [0.15, 0.2) is 24.3 Å². The van der Waals surface area contributed by atoms with Gasteiger partial charge in [-0.15, -0.1) is 0 Å². The summed E-state index contributed by atoms with van der Waals surface area (Å²) in [5, 5.41) is 2.91. The minimum absolute atomic E-state index is 0.0217. The van der Waals surface area contributed by atoms with E-state index in [9.17, 15) is 4.79 Å². The van der Waals surface area contributed by atoms with E-state index in [1.54, 1.807) is 0 Å². The van der Waals surface area contributed by atoms with E-state index in [1.165, 1.54) is 38.5 Å². The fraction of sp³-hybridized carbons (Fsp3) is 0.708. The van der Waals surface area contributed by atoms with Crippen molar-refractivity contribution in [3.05, 3.63) is 24.3 Å². The number of benzene rings is 1. The van der Waals surface area contributed by atoms with Gasteiger partial charge in [-0.05, 0) is 51.9 Å². The van der Waals surface area contributed by atoms with Crippen molar-refractivity contribution in [3.8, 4) is 5.75 Å². The van der Waals surface area contributed by atoms with E-state index in [2.05, 4.69) is 31.2 Å². The van der Waals surface area contributed by atoms with E-state index >= 15 is 0 Å². The Labute approximate surface area is 177 Å². The maximum atomic E-state index is 12.6. The number of carbonyl (C=O) groups excluding carboxylic acids is 1. The van der Waals surface area contributed by atoms with Crippen molar-refractivity contribution in [2.24, 2.45) is 5.92 Å². The summed E-state index contributed by atoms with van der Waals surface area (Å²) in [5.41, 5.74) is 0.684. The predicted molar refractivity (Wildman–Crippen MR) is 120 cm³/mol. The number of nitrogens with zero attached hydrogens (tertiary/aromatic N) is 1. The summed E-state index contributed by atoms with van der Waals surface area (Å²) >= 11 is 0. The molecule has 5 nitrogen and oxygen atoms in total. The molecular formula is C24H40N2O3. The van der Waals surface area contributed by atoms with Crippen LogP contribution in [0.5, 0.6) is 5.75 Å². The molecule has 1 fully saturated rings. The normalized spacial score (nSPS) is 19.6. The number of unbranched alkanes of at least 4 members (excludes halogenated alkanes) is 4. The van der Waals surface area contributed by atoms with E-state index in [-0.39, 0.29) is 12.2 Å². The molecule has 2 atom stereocenters. The quantitative estimate of drug-likeness (QED) is 0.358. The molecule has 164 valence electrons. The number of anilines is 1. The average Bonchev–Trinajstić information content (AvgIpc) is 2.90. The second kappa shape index (κ2) is 13.5. The Morgan fingerprint density at radius 1 is 1.07 bits per heavy atom. The van der Waals surface area contributed by atoms with Crippen molar-refractivity contribution in [3.63, 3.8) is 0 Å². The highest BCUT2D eigenvalue weighted by Gasteiger charge is 2.27. The van der Waals surface area contributed by atoms with Crippen LogP contribution >= 0.6 is 0 Å². The van der Waals surface area contributed by atoms with Gasteiger partial charge in [-0.25, -0.2) is 4.79 Å². The Morgan fingerprint density at radius 3 is 2.62 bits per heavy atom. The van der Waals surface area contributed by atoms with Gasteiger partial charge in [0, 0.05) is 12.5 Å². The summed E-state index contributed by atoms with van der Waals surface area (Å²) in [7, 11) is 4.16. The number of hydrogen-bond acceptors (Lipinski definition) is 4. The lowest BCUT2D eigenvalue weighted by Crippen LogP contribution is -2.34. The highest BCUT2D eigenvalue weighted by atomic mass is 16.6. The molecule has 0 unspecified atom stereocenters. The standard InChI is InChI=1S/C24H40N2O3/c1-4-5-6-7-13-18-28-23-17-12-11-15-21(23)25-24(27)29-22-16-10-8-9-14-20(22)19-26(2)3/h11-12,15,17,20,22H,4-10,13-14,16,18-19H2,1-3H3,(H,25,27)/t20-,22-/m1/s1. The molecule has 0 aliphatic heterocycles. The van der Waals surface area contributed by atoms with Gasteiger partial charge >= 0.3 is 6.09 Å². The maximum Gasteiger partial charge on any atom is 0.412 e. The zero-order chi connectivity index (χ0) is 20.9. The highest BCUT2D eigenvalue weighted by Crippen LogP contribution is 2.28. The zero-order valence-corrected chi connectivity index (χ0v) is 18.6. The number of amides is 1. The molecular weight excluding hydrogens is 364 g/mol. The molecule has 1 aromatic carbocycles. The third-order valence-corrected chi connectivity index (χ3v) is 5.58. The Morgan fingerprint density at radius 2 is 1.83 bits per heavy atom. The molecule has 2 rings (SSSR count). The van der Waals surface area contributed by atoms with Gasteiger partial charge in [0.25, 0.3) is 0 Å². The van der Waals surface area contributed by atoms with Crippen LogP contribution in [0, 0.1) is 5.92 Å². The van der Waals surface area contributed by atoms with Crippen LogP contribution in [0.4, 0.5) is 10.5 Å². The van der Waals surface area contributed by atoms with Crippen LogP contribution in [0.2, 0.25) is 0 Å². The van der Waals surface area contributed by atoms with Crippen LogP contribution in [0.1, 0.15) is 71.1 Å². The molecule has 1 amide bonds. The largest absolute Gasteiger partial charge is 0.491 e. The third kappa shape index (κ3) is 9.07. The lowest BCUT2D eigenvalue weighted by molar-refractivity contribution is 0.0569. The van der Waals surface area contributed by atoms with Gasteiger partial charge in [0.05, 0.1) is 12.3 Å². The molecule has 0 aromatic heterocycles. The summed E-state index contributed by atoms with van der Waals surface area (Å²) in [5.74, 6) is 1.11. The molecule has 0 bridgehead atoms. The van der Waals surface area contributed by atoms with Crippen molar-refractivity contribution < 1.29 is 14.3 Å². The molecule has 1 aromatic rings. The topological polar surface area (TPSA) is 50.8 Å². The molecule has 5 heteroatoms. The lowest BCUT2D eigenvalue weighted by Gasteiger charge is -2.27. The van der Waals surface area contributed by atoms with Crippen LogP contribution in [0.3, 0.4) is 0 Å². The van der Waals surface area contributed by atoms with Gasteiger partial charge in [0.15, 0.2) is 0 Å². The Hall–Kier alpha value is -1.75. The number of nitrogens with one attached hydrogen (secondary N) is 1. The summed E-state index contributed by atoms with van der Waals surface area (Å²) < 4.78 is 11.8. The van der Waals surface area contributed by atoms with Gasteiger partial charge in [-0.3, -0.25) is 5.32 Å². The minimum Gasteiger partial charge on any atom is -0.491 e. The Kier molecular flexibility index (Phi) is 10.9. The molecule has 1 aliphatic rings. The first-order valence-corrected chi connectivity index (χ1v) is 11.4. The number of carbonyl (C=O) groups is 1. The van der Waals surface area contributed by atoms with Gasteiger partial charge in [-0.1, -0.05) is 57.6 Å². The average molecular weight is 405 g/mol. The minimum atomic E-state index is -0.375. The summed E-state index contributed by atoms with van der Waals surface area (Å²) in [6, 6.07) is 7.62. The van der Waals surface area contributed by atoms with E-state index in [1.807, 2.05) is 24.3 Å². The van der Waals surface area contributed by atoms with E-state index < -0.39 is 0 Å². The smallest absolute Gasteiger partial charge is 0.412 e. The Balaban J connectivity index is 1.87. The second-order valence-corrected chi connectivity index (χ2v) is 8.49. The van der Waals surface area contributed by atoms with E-state index in [0.717, 1.165) is 32.2 Å². The maximum absolute atomic E-state index is 12.6. The fourth-order valence-corrected chi connectivity index (χ4v) is 4.04. The molecule has 1 N–H and O–H groups in total. The molecule has 0 saturated heterocycles. The van der Waals surface area contributed by atoms with Gasteiger partial charge < -0.3 is 14.4 Å². The van der Waals surface area contributed by atoms with Gasteiger partial charge in [0.2, 0.25) is 0 Å². The molecule has 0 radical (unpaired) electrons. The number of hydrogen-bond donors (Lipinski definition) is 1. The number of ether oxygens (including phenoxy) is 2. The van der Waals surface area contributed by atoms with E-state index in [0.29, 0.717) is 24.0 Å². The molecule has 0 spiro atoms. The monoisotopic (exact) mass is 404 g/mol. The third-order valence-electron chi connectivity index (χ3n) is 5.58. The van der Waals surface area contributed by atoms with Crippen LogP contribution < -0.4 is 10.1 Å². The van der Waals surface area contributed by atoms with Gasteiger partial charge in [-0.2, -0.15) is 0 Å². The van der Waals surface area contributed by atoms with Crippen molar-refractivity contribution in [2.45, 2.75) is 77.2 Å². The van der Waals surface area contributed by atoms with Crippen molar-refractivity contribution in [1.82, 2.24) is 4.90 Å². The van der Waals surface area contributed by atoms with Crippen molar-refractivity contribution in [2.75, 3.05) is 32.6 Å². The van der Waals surface area contributed by atoms with E-state index in [4.69, 9.17) is 9.47 Å². The Bertz CT molecular complexity index is 591. The fourth-order valence-electron chi connectivity index (χ4n) is 4.04. The molecule has 0 heterocycles. The molecule has 1 aliphatic carbocycles. The van der Waals surface area contributed by atoms with Crippen LogP contribution in [-0.4, -0.2) is 44.3 Å². The van der Waals surface area contributed by atoms with Crippen molar-refractivity contribution in [1.29, 1.82) is 0 Å². The zero-order valence-electron chi connectivity index (χ0n) is 18.6. The van der Waals surface area contributed by atoms with Crippen LogP contribution in [-0.2, 0) is 4.74 Å². The highest BCUT2D eigenvalue weighted by molar-refractivity contribution is 5.86. The first-order valence-electron chi connectivity index (χ1n) is 11.4. The van der Waals surface area contributed by atoms with Crippen molar-refractivity contribution >= 4 is 11.8 Å². The summed E-state index contributed by atoms with van der Waals surface area (Å²) in [6.45, 7) is 3.84. The summed E-state index contributed by atoms with van der Waals surface area (Å²) in [6.07, 6.45) is 11.2. The number of para-hydroxylation sites is 2. The number of rotatable bonds is 11. The first-order chi connectivity index (χ1) is 14.1. The van der Waals surface area contributed by atoms with Crippen LogP contribution in [0.25, 0.3) is 0 Å². The molecule has 1 saturated carbocycles. The SMILES string of the molecule is CCCCCCCOc1ccccc1NC(=O)O[C@@H]1CCCCC[C@@H]1CN(C)C. The molecule has 29 heavy (non-hydrogen) atoms. The van der Waals surface area contributed by atoms with Gasteiger partial charge in [0.1, 0.15) is 11.9 Å². The lowest BCUT2D eigenvalue weighted by atomic mass is 9.97. The summed E-state index contributed by atoms with van der Waals surface area (Å²) in [4.78, 5) is 14.8.